The minimum Gasteiger partial charge on any atom is -0.337 e. The summed E-state index contributed by atoms with van der Waals surface area (Å²) in [5.74, 6) is -1.35. The molecular weight excluding hydrogens is 510 g/mol. The van der Waals surface area contributed by atoms with Crippen molar-refractivity contribution in [1.82, 2.24) is 9.80 Å². The number of carbonyl (C=O) groups is 1. The Labute approximate surface area is 220 Å². The number of anilines is 1. The van der Waals surface area contributed by atoms with Crippen molar-refractivity contribution in [2.45, 2.75) is 30.7 Å². The first kappa shape index (κ1) is 26.0. The zero-order valence-electron chi connectivity index (χ0n) is 20.7. The standard InChI is InChI=1S/C28H28F2N4O3S/c29-23-16-20(17-24(30)18-23)19-33-12-3-13-34(15-14-33)28(35)22-7-9-25(10-8-22)32-38(36,37)26-6-1-4-21-5-2-11-31-27(21)26/h1,4,6-11,16-18,32H,2-3,5,12-15,19H2. The third-order valence-corrected chi connectivity index (χ3v) is 8.14. The second kappa shape index (κ2) is 11.0. The summed E-state index contributed by atoms with van der Waals surface area (Å²) < 4.78 is 55.8. The molecule has 38 heavy (non-hydrogen) atoms. The van der Waals surface area contributed by atoms with E-state index in [1.807, 2.05) is 6.07 Å². The van der Waals surface area contributed by atoms with Gasteiger partial charge in [0.15, 0.2) is 0 Å². The van der Waals surface area contributed by atoms with Crippen LogP contribution in [-0.2, 0) is 23.0 Å². The Balaban J connectivity index is 1.22. The number of sulfonamides is 1. The summed E-state index contributed by atoms with van der Waals surface area (Å²) in [7, 11) is -3.86. The molecule has 0 aliphatic carbocycles. The van der Waals surface area contributed by atoms with Crippen LogP contribution < -0.4 is 4.72 Å². The summed E-state index contributed by atoms with van der Waals surface area (Å²) >= 11 is 0. The van der Waals surface area contributed by atoms with Crippen molar-refractivity contribution >= 4 is 33.5 Å². The Morgan fingerprint density at radius 1 is 0.947 bits per heavy atom. The second-order valence-electron chi connectivity index (χ2n) is 9.50. The maximum atomic E-state index is 13.5. The van der Waals surface area contributed by atoms with Crippen LogP contribution in [0.2, 0.25) is 0 Å². The van der Waals surface area contributed by atoms with Crippen molar-refractivity contribution in [3.8, 4) is 0 Å². The largest absolute Gasteiger partial charge is 0.337 e. The summed E-state index contributed by atoms with van der Waals surface area (Å²) in [5.41, 5.74) is 2.73. The Morgan fingerprint density at radius 3 is 2.47 bits per heavy atom. The third kappa shape index (κ3) is 5.92. The van der Waals surface area contributed by atoms with Gasteiger partial charge in [-0.15, -0.1) is 0 Å². The highest BCUT2D eigenvalue weighted by atomic mass is 32.2. The zero-order chi connectivity index (χ0) is 26.7. The first-order chi connectivity index (χ1) is 18.3. The lowest BCUT2D eigenvalue weighted by atomic mass is 10.1. The lowest BCUT2D eigenvalue weighted by Gasteiger charge is -2.22. The van der Waals surface area contributed by atoms with Crippen molar-refractivity contribution in [3.05, 3.63) is 89.0 Å². The summed E-state index contributed by atoms with van der Waals surface area (Å²) in [5, 5.41) is 0. The molecule has 7 nitrogen and oxygen atoms in total. The maximum Gasteiger partial charge on any atom is 0.264 e. The van der Waals surface area contributed by atoms with Crippen molar-refractivity contribution in [2.24, 2.45) is 4.99 Å². The number of nitrogens with one attached hydrogen (secondary N) is 1. The van der Waals surface area contributed by atoms with Gasteiger partial charge in [0.2, 0.25) is 0 Å². The van der Waals surface area contributed by atoms with Gasteiger partial charge < -0.3 is 4.90 Å². The number of benzene rings is 3. The summed E-state index contributed by atoms with van der Waals surface area (Å²) in [6, 6.07) is 15.0. The van der Waals surface area contributed by atoms with Gasteiger partial charge in [-0.25, -0.2) is 17.2 Å². The van der Waals surface area contributed by atoms with Gasteiger partial charge >= 0.3 is 0 Å². The second-order valence-corrected chi connectivity index (χ2v) is 11.1. The average molecular weight is 539 g/mol. The number of halogens is 2. The SMILES string of the molecule is O=C(c1ccc(NS(=O)(=O)c2cccc3c2N=CCC3)cc1)N1CCCN(Cc2cc(F)cc(F)c2)CC1. The smallest absolute Gasteiger partial charge is 0.264 e. The predicted molar refractivity (Wildman–Crippen MR) is 142 cm³/mol. The van der Waals surface area contributed by atoms with E-state index in [4.69, 9.17) is 0 Å². The lowest BCUT2D eigenvalue weighted by molar-refractivity contribution is 0.0761. The molecule has 1 saturated heterocycles. The number of carbonyl (C=O) groups excluding carboxylic acids is 1. The molecular formula is C28H28F2N4O3S. The highest BCUT2D eigenvalue weighted by molar-refractivity contribution is 7.92. The van der Waals surface area contributed by atoms with Crippen LogP contribution in [0.1, 0.15) is 34.3 Å². The number of fused-ring (bicyclic) bond motifs is 1. The van der Waals surface area contributed by atoms with Gasteiger partial charge in [-0.3, -0.25) is 19.4 Å². The molecule has 2 heterocycles. The highest BCUT2D eigenvalue weighted by Gasteiger charge is 2.23. The van der Waals surface area contributed by atoms with Crippen molar-refractivity contribution in [3.63, 3.8) is 0 Å². The molecule has 2 aliphatic rings. The summed E-state index contributed by atoms with van der Waals surface area (Å²) in [6.07, 6.45) is 3.98. The molecule has 2 aliphatic heterocycles. The van der Waals surface area contributed by atoms with Crippen LogP contribution in [0.15, 0.2) is 70.6 Å². The van der Waals surface area contributed by atoms with E-state index < -0.39 is 21.7 Å². The van der Waals surface area contributed by atoms with E-state index in [2.05, 4.69) is 14.6 Å². The number of aliphatic imine (C=N–C) groups is 1. The van der Waals surface area contributed by atoms with Crippen LogP contribution in [0.3, 0.4) is 0 Å². The molecule has 0 spiro atoms. The molecule has 0 atom stereocenters. The van der Waals surface area contributed by atoms with E-state index in [1.165, 1.54) is 18.2 Å². The number of hydrogen-bond acceptors (Lipinski definition) is 5. The molecule has 1 fully saturated rings. The van der Waals surface area contributed by atoms with Crippen LogP contribution in [0, 0.1) is 11.6 Å². The van der Waals surface area contributed by atoms with Gasteiger partial charge in [-0.2, -0.15) is 0 Å². The number of amides is 1. The fourth-order valence-corrected chi connectivity index (χ4v) is 6.13. The molecule has 3 aromatic carbocycles. The maximum absolute atomic E-state index is 13.5. The van der Waals surface area contributed by atoms with Crippen molar-refractivity contribution in [2.75, 3.05) is 30.9 Å². The number of aryl methyl sites for hydroxylation is 1. The van der Waals surface area contributed by atoms with Crippen molar-refractivity contribution < 1.29 is 22.0 Å². The van der Waals surface area contributed by atoms with Crippen molar-refractivity contribution in [1.29, 1.82) is 0 Å². The fraction of sp³-hybridized carbons (Fsp3) is 0.286. The Bertz CT molecular complexity index is 1460. The molecule has 0 saturated carbocycles. The van der Waals surface area contributed by atoms with Gasteiger partial charge in [-0.05, 0) is 72.9 Å². The molecule has 0 radical (unpaired) electrons. The zero-order valence-corrected chi connectivity index (χ0v) is 21.6. The minimum atomic E-state index is -3.86. The molecule has 0 unspecified atom stereocenters. The lowest BCUT2D eigenvalue weighted by Crippen LogP contribution is -2.35. The normalized spacial score (nSPS) is 16.1. The van der Waals surface area contributed by atoms with E-state index in [0.717, 1.165) is 30.9 Å². The van der Waals surface area contributed by atoms with E-state index in [1.54, 1.807) is 41.4 Å². The topological polar surface area (TPSA) is 82.1 Å². The minimum absolute atomic E-state index is 0.126. The monoisotopic (exact) mass is 538 g/mol. The first-order valence-corrected chi connectivity index (χ1v) is 14.0. The Hall–Kier alpha value is -3.63. The van der Waals surface area contributed by atoms with Crippen LogP contribution in [0.25, 0.3) is 0 Å². The quantitative estimate of drug-likeness (QED) is 0.491. The fourth-order valence-electron chi connectivity index (χ4n) is 4.87. The van der Waals surface area contributed by atoms with Crippen LogP contribution >= 0.6 is 0 Å². The predicted octanol–water partition coefficient (Wildman–Crippen LogP) is 4.76. The Kier molecular flexibility index (Phi) is 7.53. The van der Waals surface area contributed by atoms with Gasteiger partial charge in [0.25, 0.3) is 15.9 Å². The van der Waals surface area contributed by atoms with E-state index >= 15 is 0 Å². The summed E-state index contributed by atoms with van der Waals surface area (Å²) in [4.78, 5) is 21.4. The summed E-state index contributed by atoms with van der Waals surface area (Å²) in [6.45, 7) is 2.72. The van der Waals surface area contributed by atoms with Crippen LogP contribution in [0.4, 0.5) is 20.2 Å². The third-order valence-electron chi connectivity index (χ3n) is 6.72. The number of hydrogen-bond donors (Lipinski definition) is 1. The van der Waals surface area contributed by atoms with Crippen LogP contribution in [0.5, 0.6) is 0 Å². The molecule has 0 bridgehead atoms. The highest BCUT2D eigenvalue weighted by Crippen LogP contribution is 2.32. The van der Waals surface area contributed by atoms with Gasteiger partial charge in [-0.1, -0.05) is 12.1 Å². The number of para-hydroxylation sites is 1. The van der Waals surface area contributed by atoms with E-state index in [9.17, 15) is 22.0 Å². The number of nitrogens with zero attached hydrogens (tertiary/aromatic N) is 3. The molecule has 5 rings (SSSR count). The molecule has 3 aromatic rings. The average Bonchev–Trinajstić information content (AvgIpc) is 3.13. The molecule has 198 valence electrons. The van der Waals surface area contributed by atoms with E-state index in [0.29, 0.717) is 55.2 Å². The van der Waals surface area contributed by atoms with Crippen LogP contribution in [-0.4, -0.2) is 56.5 Å². The number of rotatable bonds is 6. The van der Waals surface area contributed by atoms with Gasteiger partial charge in [0.05, 0.1) is 5.69 Å². The molecule has 1 N–H and O–H groups in total. The van der Waals surface area contributed by atoms with E-state index in [-0.39, 0.29) is 10.8 Å². The molecule has 10 heteroatoms. The first-order valence-electron chi connectivity index (χ1n) is 12.5. The molecule has 1 amide bonds. The van der Waals surface area contributed by atoms with Gasteiger partial charge in [0, 0.05) is 56.3 Å². The van der Waals surface area contributed by atoms with Gasteiger partial charge in [0.1, 0.15) is 16.5 Å². The molecule has 0 aromatic heterocycles. The Morgan fingerprint density at radius 2 is 1.71 bits per heavy atom.